The zero-order valence-electron chi connectivity index (χ0n) is 14.7. The van der Waals surface area contributed by atoms with E-state index in [1.165, 1.54) is 12.8 Å². The summed E-state index contributed by atoms with van der Waals surface area (Å²) in [7, 11) is 1.57. The van der Waals surface area contributed by atoms with Gasteiger partial charge in [0.25, 0.3) is 0 Å². The number of hydrogen-bond acceptors (Lipinski definition) is 5. The fraction of sp³-hybridized carbons (Fsp3) is 0.474. The van der Waals surface area contributed by atoms with Gasteiger partial charge in [-0.15, -0.1) is 0 Å². The highest BCUT2D eigenvalue weighted by Crippen LogP contribution is 2.49. The predicted octanol–water partition coefficient (Wildman–Crippen LogP) is 4.65. The molecule has 1 N–H and O–H groups in total. The molecule has 0 atom stereocenters. The summed E-state index contributed by atoms with van der Waals surface area (Å²) in [5.41, 5.74) is 1.13. The van der Waals surface area contributed by atoms with Gasteiger partial charge >= 0.3 is 0 Å². The molecule has 0 aromatic carbocycles. The van der Waals surface area contributed by atoms with Crippen molar-refractivity contribution >= 4 is 34.7 Å². The number of aromatic nitrogens is 2. The quantitative estimate of drug-likeness (QED) is 0.801. The molecule has 0 radical (unpaired) electrons. The first-order valence-corrected chi connectivity index (χ1v) is 9.70. The zero-order chi connectivity index (χ0) is 18.1. The van der Waals surface area contributed by atoms with Crippen LogP contribution >= 0.6 is 23.2 Å². The highest BCUT2D eigenvalue weighted by Gasteiger charge is 2.50. The number of methoxy groups -OCH3 is 1. The maximum absolute atomic E-state index is 6.30. The summed E-state index contributed by atoms with van der Waals surface area (Å²) in [5.74, 6) is 1.99. The predicted molar refractivity (Wildman–Crippen MR) is 106 cm³/mol. The molecule has 0 amide bonds. The van der Waals surface area contributed by atoms with Crippen LogP contribution in [0.5, 0.6) is 5.88 Å². The highest BCUT2D eigenvalue weighted by atomic mass is 35.5. The number of ether oxygens (including phenoxy) is 1. The summed E-state index contributed by atoms with van der Waals surface area (Å²) >= 11 is 12.5. The molecule has 4 rings (SSSR count). The van der Waals surface area contributed by atoms with Gasteiger partial charge in [0.2, 0.25) is 5.88 Å². The van der Waals surface area contributed by atoms with Gasteiger partial charge in [-0.05, 0) is 49.8 Å². The maximum atomic E-state index is 6.30. The second kappa shape index (κ2) is 7.12. The Morgan fingerprint density at radius 1 is 1.19 bits per heavy atom. The van der Waals surface area contributed by atoms with Crippen LogP contribution in [0, 0.1) is 5.92 Å². The summed E-state index contributed by atoms with van der Waals surface area (Å²) in [6.45, 7) is 1.96. The van der Waals surface area contributed by atoms with Crippen molar-refractivity contribution in [2.45, 2.75) is 31.2 Å². The first kappa shape index (κ1) is 17.7. The van der Waals surface area contributed by atoms with E-state index in [0.29, 0.717) is 16.8 Å². The van der Waals surface area contributed by atoms with Crippen LogP contribution in [0.4, 0.5) is 11.5 Å². The van der Waals surface area contributed by atoms with Gasteiger partial charge in [0.1, 0.15) is 10.8 Å². The lowest BCUT2D eigenvalue weighted by molar-refractivity contribution is 0.341. The third-order valence-corrected chi connectivity index (χ3v) is 6.06. The van der Waals surface area contributed by atoms with Crippen molar-refractivity contribution in [3.05, 3.63) is 40.6 Å². The lowest BCUT2D eigenvalue weighted by Crippen LogP contribution is -2.42. The minimum atomic E-state index is 0.166. The van der Waals surface area contributed by atoms with E-state index in [0.717, 1.165) is 42.5 Å². The van der Waals surface area contributed by atoms with Crippen LogP contribution in [-0.2, 0) is 0 Å². The van der Waals surface area contributed by atoms with Gasteiger partial charge < -0.3 is 15.0 Å². The molecule has 0 unspecified atom stereocenters. The molecule has 2 aliphatic rings. The number of halogens is 2. The smallest absolute Gasteiger partial charge is 0.232 e. The first-order valence-electron chi connectivity index (χ1n) is 8.94. The molecular weight excluding hydrogens is 371 g/mol. The Kier molecular flexibility index (Phi) is 4.84. The third kappa shape index (κ3) is 3.42. The Morgan fingerprint density at radius 2 is 1.96 bits per heavy atom. The van der Waals surface area contributed by atoms with E-state index in [9.17, 15) is 0 Å². The molecule has 2 aromatic heterocycles. The molecule has 1 saturated carbocycles. The van der Waals surface area contributed by atoms with Crippen LogP contribution in [0.2, 0.25) is 10.0 Å². The minimum Gasteiger partial charge on any atom is -0.480 e. The van der Waals surface area contributed by atoms with Gasteiger partial charge in [-0.2, -0.15) is 0 Å². The van der Waals surface area contributed by atoms with Gasteiger partial charge in [-0.25, -0.2) is 9.97 Å². The van der Waals surface area contributed by atoms with Crippen LogP contribution < -0.4 is 15.0 Å². The summed E-state index contributed by atoms with van der Waals surface area (Å²) in [6, 6.07) is 5.67. The Hall–Kier alpha value is -1.72. The fourth-order valence-electron chi connectivity index (χ4n) is 3.96. The topological polar surface area (TPSA) is 50.3 Å². The summed E-state index contributed by atoms with van der Waals surface area (Å²) in [4.78, 5) is 11.0. The summed E-state index contributed by atoms with van der Waals surface area (Å²) < 4.78 is 5.13. The number of anilines is 2. The average molecular weight is 393 g/mol. The average Bonchev–Trinajstić information content (AvgIpc) is 3.43. The zero-order valence-corrected chi connectivity index (χ0v) is 16.2. The number of nitrogens with zero attached hydrogens (tertiary/aromatic N) is 3. The third-order valence-electron chi connectivity index (χ3n) is 5.50. The van der Waals surface area contributed by atoms with Crippen LogP contribution in [0.1, 0.15) is 25.7 Å². The molecule has 0 spiro atoms. The van der Waals surface area contributed by atoms with Crippen molar-refractivity contribution in [1.29, 1.82) is 0 Å². The lowest BCUT2D eigenvalue weighted by atomic mass is 9.87. The molecule has 138 valence electrons. The van der Waals surface area contributed by atoms with Crippen LogP contribution in [0.25, 0.3) is 0 Å². The van der Waals surface area contributed by atoms with E-state index in [-0.39, 0.29) is 5.54 Å². The van der Waals surface area contributed by atoms with E-state index in [4.69, 9.17) is 27.9 Å². The van der Waals surface area contributed by atoms with E-state index in [2.05, 4.69) is 20.2 Å². The molecule has 3 heterocycles. The molecule has 26 heavy (non-hydrogen) atoms. The van der Waals surface area contributed by atoms with E-state index >= 15 is 0 Å². The molecule has 5 nitrogen and oxygen atoms in total. The number of pyridine rings is 2. The van der Waals surface area contributed by atoms with Gasteiger partial charge in [0.05, 0.1) is 24.0 Å². The summed E-state index contributed by atoms with van der Waals surface area (Å²) in [6.07, 6.45) is 8.22. The van der Waals surface area contributed by atoms with Crippen molar-refractivity contribution in [3.8, 4) is 5.88 Å². The molecule has 1 aliphatic carbocycles. The van der Waals surface area contributed by atoms with Crippen molar-refractivity contribution in [2.75, 3.05) is 30.4 Å². The molecule has 2 aromatic rings. The number of nitrogens with one attached hydrogen (secondary N) is 1. The molecule has 0 bridgehead atoms. The first-order chi connectivity index (χ1) is 12.6. The standard InChI is InChI=1S/C19H22Cl2N4O/c1-26-18-16(21)11-14(12-23-18)24-19(6-7-19)13-4-9-25(10-5-13)17-15(20)3-2-8-22-17/h2-3,8,11-13,24H,4-7,9-10H2,1H3. The van der Waals surface area contributed by atoms with Crippen LogP contribution in [0.15, 0.2) is 30.6 Å². The minimum absolute atomic E-state index is 0.166. The second-order valence-corrected chi connectivity index (χ2v) is 7.88. The Bertz CT molecular complexity index is 789. The number of hydrogen-bond donors (Lipinski definition) is 1. The molecule has 2 fully saturated rings. The van der Waals surface area contributed by atoms with Gasteiger partial charge in [-0.1, -0.05) is 23.2 Å². The van der Waals surface area contributed by atoms with Gasteiger partial charge in [0.15, 0.2) is 0 Å². The van der Waals surface area contributed by atoms with Crippen molar-refractivity contribution in [1.82, 2.24) is 9.97 Å². The largest absolute Gasteiger partial charge is 0.480 e. The molecule has 1 aliphatic heterocycles. The summed E-state index contributed by atoms with van der Waals surface area (Å²) in [5, 5.41) is 4.96. The van der Waals surface area contributed by atoms with Crippen LogP contribution in [-0.4, -0.2) is 35.7 Å². The number of piperidine rings is 1. The van der Waals surface area contributed by atoms with Crippen LogP contribution in [0.3, 0.4) is 0 Å². The second-order valence-electron chi connectivity index (χ2n) is 7.07. The van der Waals surface area contributed by atoms with Crippen molar-refractivity contribution < 1.29 is 4.74 Å². The SMILES string of the molecule is COc1ncc(NC2(C3CCN(c4ncccc4Cl)CC3)CC2)cc1Cl. The monoisotopic (exact) mass is 392 g/mol. The Morgan fingerprint density at radius 3 is 2.58 bits per heavy atom. The molecule has 7 heteroatoms. The normalized spacial score (nSPS) is 19.3. The van der Waals surface area contributed by atoms with Gasteiger partial charge in [0, 0.05) is 24.8 Å². The van der Waals surface area contributed by atoms with Gasteiger partial charge in [-0.3, -0.25) is 0 Å². The molecule has 1 saturated heterocycles. The Balaban J connectivity index is 1.41. The van der Waals surface area contributed by atoms with E-state index < -0.39 is 0 Å². The maximum Gasteiger partial charge on any atom is 0.232 e. The van der Waals surface area contributed by atoms with Crippen molar-refractivity contribution in [3.63, 3.8) is 0 Å². The number of rotatable bonds is 5. The van der Waals surface area contributed by atoms with E-state index in [1.54, 1.807) is 19.5 Å². The fourth-order valence-corrected chi connectivity index (χ4v) is 4.44. The van der Waals surface area contributed by atoms with Crippen molar-refractivity contribution in [2.24, 2.45) is 5.92 Å². The lowest BCUT2D eigenvalue weighted by Gasteiger charge is -2.38. The Labute approximate surface area is 163 Å². The van der Waals surface area contributed by atoms with E-state index in [1.807, 2.05) is 18.2 Å². The molecular formula is C19H22Cl2N4O. The highest BCUT2D eigenvalue weighted by molar-refractivity contribution is 6.33.